The molecule has 17 heavy (non-hydrogen) atoms. The topological polar surface area (TPSA) is 12.0 Å². The Kier molecular flexibility index (Phi) is 4.66. The first-order valence-corrected chi connectivity index (χ1v) is 6.91. The van der Waals surface area contributed by atoms with Crippen molar-refractivity contribution in [2.24, 2.45) is 0 Å². The molecule has 0 fully saturated rings. The Labute approximate surface area is 105 Å². The Morgan fingerprint density at radius 3 is 2.94 bits per heavy atom. The summed E-state index contributed by atoms with van der Waals surface area (Å²) >= 11 is 0. The number of benzene rings is 1. The highest BCUT2D eigenvalue weighted by molar-refractivity contribution is 5.52. The number of nitrogens with one attached hydrogen (secondary N) is 1. The zero-order chi connectivity index (χ0) is 11.9. The number of anilines is 1. The zero-order valence-electron chi connectivity index (χ0n) is 10.8. The summed E-state index contributed by atoms with van der Waals surface area (Å²) in [6, 6.07) is 9.18. The average molecular weight is 229 g/mol. The summed E-state index contributed by atoms with van der Waals surface area (Å²) in [6.07, 6.45) is 12.4. The molecule has 0 amide bonds. The number of para-hydroxylation sites is 1. The van der Waals surface area contributed by atoms with Gasteiger partial charge in [-0.05, 0) is 37.3 Å². The highest BCUT2D eigenvalue weighted by Gasteiger charge is 2.08. The molecule has 1 aromatic carbocycles. The van der Waals surface area contributed by atoms with Gasteiger partial charge < -0.3 is 5.32 Å². The summed E-state index contributed by atoms with van der Waals surface area (Å²) < 4.78 is 0. The fraction of sp³-hybridized carbons (Fsp3) is 0.500. The van der Waals surface area contributed by atoms with Crippen molar-refractivity contribution in [3.05, 3.63) is 42.0 Å². The minimum absolute atomic E-state index is 0.517. The Morgan fingerprint density at radius 1 is 1.18 bits per heavy atom. The largest absolute Gasteiger partial charge is 0.379 e. The molecule has 1 unspecified atom stereocenters. The van der Waals surface area contributed by atoms with Gasteiger partial charge in [-0.15, -0.1) is 0 Å². The molecule has 0 aliphatic heterocycles. The lowest BCUT2D eigenvalue weighted by Crippen LogP contribution is -2.18. The van der Waals surface area contributed by atoms with Gasteiger partial charge in [0.1, 0.15) is 0 Å². The van der Waals surface area contributed by atoms with Crippen LogP contribution >= 0.6 is 0 Å². The van der Waals surface area contributed by atoms with Crippen molar-refractivity contribution in [3.8, 4) is 0 Å². The molecule has 1 aliphatic rings. The van der Waals surface area contributed by atoms with Crippen molar-refractivity contribution in [2.45, 2.75) is 51.5 Å². The number of allylic oxidation sites excluding steroid dienone is 1. The van der Waals surface area contributed by atoms with Crippen molar-refractivity contribution in [3.63, 3.8) is 0 Å². The molecule has 1 heteroatoms. The molecular formula is C16H23N. The molecule has 1 N–H and O–H groups in total. The Hall–Kier alpha value is -1.24. The van der Waals surface area contributed by atoms with Crippen LogP contribution in [0.25, 0.3) is 0 Å². The van der Waals surface area contributed by atoms with Gasteiger partial charge in [0.25, 0.3) is 0 Å². The van der Waals surface area contributed by atoms with Crippen LogP contribution in [0.3, 0.4) is 0 Å². The SMILES string of the molecule is CCc1ccccc1NC1/C=C/CCCCC1. The summed E-state index contributed by atoms with van der Waals surface area (Å²) in [7, 11) is 0. The smallest absolute Gasteiger partial charge is 0.0444 e. The molecule has 0 saturated carbocycles. The van der Waals surface area contributed by atoms with E-state index in [0.717, 1.165) is 6.42 Å². The van der Waals surface area contributed by atoms with Crippen LogP contribution in [0.4, 0.5) is 5.69 Å². The standard InChI is InChI=1S/C16H23N/c1-2-14-10-8-9-13-16(14)17-15-11-6-4-3-5-7-12-15/h6,8-11,13,15,17H,2-5,7,12H2,1H3/b11-6+. The summed E-state index contributed by atoms with van der Waals surface area (Å²) in [5.41, 5.74) is 2.73. The molecule has 1 aromatic rings. The van der Waals surface area contributed by atoms with E-state index in [-0.39, 0.29) is 0 Å². The second kappa shape index (κ2) is 6.48. The van der Waals surface area contributed by atoms with Crippen molar-refractivity contribution in [2.75, 3.05) is 5.32 Å². The Morgan fingerprint density at radius 2 is 2.06 bits per heavy atom. The summed E-state index contributed by atoms with van der Waals surface area (Å²) in [5.74, 6) is 0. The van der Waals surface area contributed by atoms with Gasteiger partial charge in [-0.2, -0.15) is 0 Å². The maximum Gasteiger partial charge on any atom is 0.0444 e. The molecule has 0 bridgehead atoms. The van der Waals surface area contributed by atoms with E-state index in [2.05, 4.69) is 48.7 Å². The van der Waals surface area contributed by atoms with Gasteiger partial charge in [-0.3, -0.25) is 0 Å². The normalized spacial score (nSPS) is 22.5. The first-order chi connectivity index (χ1) is 8.40. The monoisotopic (exact) mass is 229 g/mol. The molecule has 0 aromatic heterocycles. The first-order valence-electron chi connectivity index (χ1n) is 6.91. The van der Waals surface area contributed by atoms with Crippen LogP contribution in [0.2, 0.25) is 0 Å². The number of hydrogen-bond donors (Lipinski definition) is 1. The van der Waals surface area contributed by atoms with E-state index in [9.17, 15) is 0 Å². The van der Waals surface area contributed by atoms with Gasteiger partial charge in [0.15, 0.2) is 0 Å². The van der Waals surface area contributed by atoms with Crippen LogP contribution in [-0.2, 0) is 6.42 Å². The lowest BCUT2D eigenvalue weighted by molar-refractivity contribution is 0.609. The summed E-state index contributed by atoms with van der Waals surface area (Å²) in [6.45, 7) is 2.22. The van der Waals surface area contributed by atoms with Gasteiger partial charge >= 0.3 is 0 Å². The van der Waals surface area contributed by atoms with E-state index in [1.165, 1.54) is 43.4 Å². The quantitative estimate of drug-likeness (QED) is 0.750. The first kappa shape index (κ1) is 12.2. The third kappa shape index (κ3) is 3.62. The van der Waals surface area contributed by atoms with Crippen molar-refractivity contribution in [1.82, 2.24) is 0 Å². The van der Waals surface area contributed by atoms with E-state index in [4.69, 9.17) is 0 Å². The predicted octanol–water partition coefficient (Wildman–Crippen LogP) is 4.55. The molecule has 0 radical (unpaired) electrons. The highest BCUT2D eigenvalue weighted by Crippen LogP contribution is 2.20. The highest BCUT2D eigenvalue weighted by atomic mass is 14.9. The van der Waals surface area contributed by atoms with Crippen LogP contribution in [0.15, 0.2) is 36.4 Å². The van der Waals surface area contributed by atoms with Gasteiger partial charge in [-0.1, -0.05) is 50.1 Å². The lowest BCUT2D eigenvalue weighted by Gasteiger charge is -2.20. The molecule has 1 nitrogen and oxygen atoms in total. The number of rotatable bonds is 3. The van der Waals surface area contributed by atoms with E-state index in [1.54, 1.807) is 0 Å². The van der Waals surface area contributed by atoms with Gasteiger partial charge in [0, 0.05) is 11.7 Å². The van der Waals surface area contributed by atoms with E-state index in [0.29, 0.717) is 6.04 Å². The molecular weight excluding hydrogens is 206 g/mol. The zero-order valence-corrected chi connectivity index (χ0v) is 10.8. The maximum absolute atomic E-state index is 3.68. The second-order valence-electron chi connectivity index (χ2n) is 4.83. The van der Waals surface area contributed by atoms with Crippen LogP contribution in [-0.4, -0.2) is 6.04 Å². The molecule has 1 atom stereocenters. The molecule has 2 rings (SSSR count). The Bertz CT molecular complexity index is 368. The van der Waals surface area contributed by atoms with E-state index >= 15 is 0 Å². The second-order valence-corrected chi connectivity index (χ2v) is 4.83. The minimum Gasteiger partial charge on any atom is -0.379 e. The third-order valence-corrected chi connectivity index (χ3v) is 3.49. The average Bonchev–Trinajstić information content (AvgIpc) is 2.33. The maximum atomic E-state index is 3.68. The van der Waals surface area contributed by atoms with Gasteiger partial charge in [0.05, 0.1) is 0 Å². The van der Waals surface area contributed by atoms with Crippen molar-refractivity contribution in [1.29, 1.82) is 0 Å². The molecule has 0 spiro atoms. The predicted molar refractivity (Wildman–Crippen MR) is 75.5 cm³/mol. The molecule has 92 valence electrons. The fourth-order valence-corrected chi connectivity index (χ4v) is 2.45. The van der Waals surface area contributed by atoms with E-state index in [1.807, 2.05) is 0 Å². The summed E-state index contributed by atoms with van der Waals surface area (Å²) in [4.78, 5) is 0. The van der Waals surface area contributed by atoms with Crippen molar-refractivity contribution < 1.29 is 0 Å². The molecule has 1 aliphatic carbocycles. The number of hydrogen-bond acceptors (Lipinski definition) is 1. The number of aryl methyl sites for hydroxylation is 1. The third-order valence-electron chi connectivity index (χ3n) is 3.49. The van der Waals surface area contributed by atoms with Crippen LogP contribution < -0.4 is 5.32 Å². The van der Waals surface area contributed by atoms with Crippen LogP contribution in [0, 0.1) is 0 Å². The van der Waals surface area contributed by atoms with Crippen molar-refractivity contribution >= 4 is 5.69 Å². The summed E-state index contributed by atoms with van der Waals surface area (Å²) in [5, 5.41) is 3.68. The minimum atomic E-state index is 0.517. The van der Waals surface area contributed by atoms with E-state index < -0.39 is 0 Å². The van der Waals surface area contributed by atoms with Crippen LogP contribution in [0.1, 0.15) is 44.6 Å². The molecule has 0 heterocycles. The lowest BCUT2D eigenvalue weighted by atomic mass is 10.0. The van der Waals surface area contributed by atoms with Crippen LogP contribution in [0.5, 0.6) is 0 Å². The fourth-order valence-electron chi connectivity index (χ4n) is 2.45. The molecule has 0 saturated heterocycles. The Balaban J connectivity index is 2.05. The van der Waals surface area contributed by atoms with Gasteiger partial charge in [-0.25, -0.2) is 0 Å². The van der Waals surface area contributed by atoms with Gasteiger partial charge in [0.2, 0.25) is 0 Å².